The molecule has 0 amide bonds. The number of terminal acetylenes is 1. The SMILES string of the molecule is C#CCN(C)CCCCCCO[Si](C)(C)OC(CCCCCCC/C=C\CCCCCCCC)Oc1cc2c(c(C)c1C)OC(C)(CC/C=C(\C)CC/C=C(\C)CCC=C(C)C)CC2. The van der Waals surface area contributed by atoms with Crippen LogP contribution in [-0.4, -0.2) is 52.1 Å². The van der Waals surface area contributed by atoms with Crippen molar-refractivity contribution >= 4 is 8.56 Å². The predicted octanol–water partition coefficient (Wildman–Crippen LogP) is 17.2. The van der Waals surface area contributed by atoms with Crippen LogP contribution in [0.5, 0.6) is 11.5 Å². The molecule has 0 aliphatic carbocycles. The maximum atomic E-state index is 6.92. The van der Waals surface area contributed by atoms with Crippen LogP contribution in [0.25, 0.3) is 0 Å². The molecule has 0 spiro atoms. The summed E-state index contributed by atoms with van der Waals surface area (Å²) >= 11 is 0. The number of nitrogens with zero attached hydrogens (tertiary/aromatic N) is 1. The van der Waals surface area contributed by atoms with Gasteiger partial charge in [-0.2, -0.15) is 0 Å². The van der Waals surface area contributed by atoms with Crippen molar-refractivity contribution in [1.82, 2.24) is 4.90 Å². The van der Waals surface area contributed by atoms with E-state index in [1.807, 2.05) is 0 Å². The van der Waals surface area contributed by atoms with Gasteiger partial charge in [0.1, 0.15) is 17.1 Å². The summed E-state index contributed by atoms with van der Waals surface area (Å²) in [5, 5.41) is 0. The van der Waals surface area contributed by atoms with E-state index < -0.39 is 8.56 Å². The van der Waals surface area contributed by atoms with Gasteiger partial charge in [-0.05, 0) is 194 Å². The van der Waals surface area contributed by atoms with Gasteiger partial charge >= 0.3 is 8.56 Å². The highest BCUT2D eigenvalue weighted by atomic mass is 28.4. The van der Waals surface area contributed by atoms with Crippen molar-refractivity contribution in [2.45, 2.75) is 247 Å². The van der Waals surface area contributed by atoms with E-state index in [4.69, 9.17) is 24.7 Å². The summed E-state index contributed by atoms with van der Waals surface area (Å²) in [6.45, 7) is 24.8. The molecular formula is C58H99NO4Si. The van der Waals surface area contributed by atoms with Crippen molar-refractivity contribution in [2.75, 3.05) is 26.7 Å². The van der Waals surface area contributed by atoms with Crippen LogP contribution in [0.1, 0.15) is 219 Å². The number of benzene rings is 1. The van der Waals surface area contributed by atoms with Gasteiger partial charge in [0.2, 0.25) is 0 Å². The molecule has 6 heteroatoms. The molecule has 0 aromatic heterocycles. The highest BCUT2D eigenvalue weighted by Crippen LogP contribution is 2.43. The minimum absolute atomic E-state index is 0.175. The molecule has 0 bridgehead atoms. The van der Waals surface area contributed by atoms with E-state index in [1.54, 1.807) is 0 Å². The number of unbranched alkanes of at least 4 members (excludes halogenated alkanes) is 14. The number of aryl methyl sites for hydroxylation is 1. The fraction of sp³-hybridized carbons (Fsp3) is 0.724. The van der Waals surface area contributed by atoms with Crippen LogP contribution in [-0.2, 0) is 15.3 Å². The van der Waals surface area contributed by atoms with Crippen molar-refractivity contribution in [1.29, 1.82) is 0 Å². The molecule has 64 heavy (non-hydrogen) atoms. The summed E-state index contributed by atoms with van der Waals surface area (Å²) in [4.78, 5) is 2.21. The van der Waals surface area contributed by atoms with Crippen LogP contribution in [0.15, 0.2) is 53.2 Å². The summed E-state index contributed by atoms with van der Waals surface area (Å²) in [7, 11) is -0.349. The molecule has 1 aromatic carbocycles. The quantitative estimate of drug-likeness (QED) is 0.0219. The van der Waals surface area contributed by atoms with E-state index in [2.05, 4.69) is 123 Å². The van der Waals surface area contributed by atoms with Gasteiger partial charge in [0.25, 0.3) is 0 Å². The van der Waals surface area contributed by atoms with Gasteiger partial charge in [0.05, 0.1) is 6.54 Å². The molecule has 0 radical (unpaired) electrons. The van der Waals surface area contributed by atoms with E-state index in [-0.39, 0.29) is 11.9 Å². The van der Waals surface area contributed by atoms with Crippen LogP contribution in [0, 0.1) is 26.2 Å². The standard InChI is InChI=1S/C58H99NO4Si/c1-13-15-16-17-18-19-20-21-22-23-24-25-26-27-30-41-56(63-64(11,12)60-47-32-29-28-31-46-59(10)45-14-2)61-55-48-54-42-44-58(9,62-57(54)53(8)52(55)7)43-35-40-51(6)39-34-38-50(5)37-33-36-49(3)4/h2,21-22,36,38,40,48,56H,13,15-20,23-35,37,39,41-47H2,1,3-12H3/b22-21-,50-38+,51-40+. The van der Waals surface area contributed by atoms with Crippen molar-refractivity contribution < 1.29 is 18.3 Å². The van der Waals surface area contributed by atoms with Gasteiger partial charge in [0, 0.05) is 13.0 Å². The first-order valence-corrected chi connectivity index (χ1v) is 29.0. The van der Waals surface area contributed by atoms with Crippen molar-refractivity contribution in [3.63, 3.8) is 0 Å². The van der Waals surface area contributed by atoms with Crippen molar-refractivity contribution in [3.8, 4) is 23.8 Å². The third-order valence-corrected chi connectivity index (χ3v) is 14.8. The Kier molecular flexibility index (Phi) is 30.4. The van der Waals surface area contributed by atoms with Crippen molar-refractivity contribution in [2.24, 2.45) is 0 Å². The summed E-state index contributed by atoms with van der Waals surface area (Å²) in [6, 6.07) is 2.25. The molecule has 1 heterocycles. The molecule has 1 aliphatic rings. The van der Waals surface area contributed by atoms with Gasteiger partial charge in [0.15, 0.2) is 6.29 Å². The number of rotatable bonds is 37. The zero-order chi connectivity index (χ0) is 47.1. The second-order valence-electron chi connectivity index (χ2n) is 20.3. The summed E-state index contributed by atoms with van der Waals surface area (Å²) < 4.78 is 27.2. The molecule has 5 nitrogen and oxygen atoms in total. The smallest absolute Gasteiger partial charge is 0.334 e. The molecule has 2 unspecified atom stereocenters. The average Bonchev–Trinajstić information content (AvgIpc) is 3.23. The molecule has 2 atom stereocenters. The number of hydrogen-bond acceptors (Lipinski definition) is 5. The Bertz CT molecular complexity index is 1580. The molecule has 1 aliphatic heterocycles. The monoisotopic (exact) mass is 902 g/mol. The van der Waals surface area contributed by atoms with E-state index in [0.29, 0.717) is 6.54 Å². The Morgan fingerprint density at radius 3 is 2.05 bits per heavy atom. The van der Waals surface area contributed by atoms with Crippen LogP contribution >= 0.6 is 0 Å². The van der Waals surface area contributed by atoms with Gasteiger partial charge in [-0.15, -0.1) is 6.42 Å². The van der Waals surface area contributed by atoms with Crippen molar-refractivity contribution in [3.05, 3.63) is 69.9 Å². The van der Waals surface area contributed by atoms with Crippen LogP contribution in [0.3, 0.4) is 0 Å². The van der Waals surface area contributed by atoms with Crippen LogP contribution in [0.4, 0.5) is 0 Å². The van der Waals surface area contributed by atoms with E-state index in [1.165, 1.54) is 111 Å². The first kappa shape index (κ1) is 57.6. The second kappa shape index (κ2) is 33.8. The molecule has 364 valence electrons. The van der Waals surface area contributed by atoms with Gasteiger partial charge in [-0.3, -0.25) is 4.90 Å². The zero-order valence-electron chi connectivity index (χ0n) is 43.7. The van der Waals surface area contributed by atoms with E-state index in [0.717, 1.165) is 114 Å². The zero-order valence-corrected chi connectivity index (χ0v) is 44.7. The van der Waals surface area contributed by atoms with E-state index in [9.17, 15) is 0 Å². The summed E-state index contributed by atoms with van der Waals surface area (Å²) in [5.74, 6) is 4.72. The average molecular weight is 903 g/mol. The molecule has 0 fully saturated rings. The molecule has 1 aromatic rings. The molecule has 0 N–H and O–H groups in total. The fourth-order valence-electron chi connectivity index (χ4n) is 8.62. The maximum Gasteiger partial charge on any atom is 0.334 e. The minimum Gasteiger partial charge on any atom is -0.487 e. The number of allylic oxidation sites excluding steroid dienone is 8. The number of ether oxygens (including phenoxy) is 2. The highest BCUT2D eigenvalue weighted by Gasteiger charge is 2.34. The van der Waals surface area contributed by atoms with Crippen LogP contribution in [0.2, 0.25) is 13.1 Å². The first-order valence-electron chi connectivity index (χ1n) is 26.2. The van der Waals surface area contributed by atoms with Gasteiger partial charge < -0.3 is 18.3 Å². The summed E-state index contributed by atoms with van der Waals surface area (Å²) in [6.07, 6.45) is 48.0. The Hall–Kier alpha value is -2.56. The number of fused-ring (bicyclic) bond motifs is 1. The molecular weight excluding hydrogens is 803 g/mol. The Balaban J connectivity index is 1.98. The summed E-state index contributed by atoms with van der Waals surface area (Å²) in [5.41, 5.74) is 7.81. The highest BCUT2D eigenvalue weighted by molar-refractivity contribution is 6.64. The Morgan fingerprint density at radius 2 is 1.39 bits per heavy atom. The normalized spacial score (nSPS) is 16.2. The predicted molar refractivity (Wildman–Crippen MR) is 281 cm³/mol. The minimum atomic E-state index is -2.44. The van der Waals surface area contributed by atoms with Gasteiger partial charge in [-0.1, -0.05) is 124 Å². The third kappa shape index (κ3) is 26.5. The van der Waals surface area contributed by atoms with Gasteiger partial charge in [-0.25, -0.2) is 0 Å². The molecule has 0 saturated carbocycles. The third-order valence-electron chi connectivity index (χ3n) is 13.1. The topological polar surface area (TPSA) is 40.2 Å². The maximum absolute atomic E-state index is 6.92. The number of hydrogen-bond donors (Lipinski definition) is 0. The fourth-order valence-corrected chi connectivity index (χ4v) is 10.1. The lowest BCUT2D eigenvalue weighted by molar-refractivity contribution is -0.0312. The van der Waals surface area contributed by atoms with Crippen LogP contribution < -0.4 is 9.47 Å². The largest absolute Gasteiger partial charge is 0.487 e. The lowest BCUT2D eigenvalue weighted by Crippen LogP contribution is -2.41. The lowest BCUT2D eigenvalue weighted by atomic mass is 9.86. The van der Waals surface area contributed by atoms with E-state index >= 15 is 0 Å². The first-order chi connectivity index (χ1) is 30.7. The molecule has 0 saturated heterocycles. The Labute approximate surface area is 397 Å². The second-order valence-corrected chi connectivity index (χ2v) is 23.6. The Morgan fingerprint density at radius 1 is 0.797 bits per heavy atom. The lowest BCUT2D eigenvalue weighted by Gasteiger charge is -2.37. The molecule has 2 rings (SSSR count).